The van der Waals surface area contributed by atoms with Gasteiger partial charge in [-0.1, -0.05) is 0 Å². The molecule has 86 valence electrons. The Morgan fingerprint density at radius 1 is 1.40 bits per heavy atom. The molecule has 2 rings (SSSR count). The Kier molecular flexibility index (Phi) is 2.75. The summed E-state index contributed by atoms with van der Waals surface area (Å²) in [4.78, 5) is 0. The highest BCUT2D eigenvalue weighted by Crippen LogP contribution is 2.44. The number of hydrogen-bond acceptors (Lipinski definition) is 2. The fourth-order valence-electron chi connectivity index (χ4n) is 1.73. The van der Waals surface area contributed by atoms with Gasteiger partial charge in [-0.3, -0.25) is 0 Å². The van der Waals surface area contributed by atoms with Crippen molar-refractivity contribution in [2.24, 2.45) is 4.40 Å². The van der Waals surface area contributed by atoms with Crippen molar-refractivity contribution in [2.45, 2.75) is 56.8 Å². The second kappa shape index (κ2) is 3.67. The summed E-state index contributed by atoms with van der Waals surface area (Å²) < 4.78 is 21.8. The van der Waals surface area contributed by atoms with E-state index >= 15 is 0 Å². The molecule has 0 bridgehead atoms. The number of ether oxygens (including phenoxy) is 1. The summed E-state index contributed by atoms with van der Waals surface area (Å²) in [6.07, 6.45) is 4.10. The van der Waals surface area contributed by atoms with Gasteiger partial charge in [0.1, 0.15) is 16.6 Å². The molecule has 1 saturated heterocycles. The van der Waals surface area contributed by atoms with Gasteiger partial charge in [0.2, 0.25) is 0 Å². The average Bonchev–Trinajstić information content (AvgIpc) is 2.89. The van der Waals surface area contributed by atoms with Crippen LogP contribution in [0.15, 0.2) is 4.40 Å². The van der Waals surface area contributed by atoms with E-state index < -0.39 is 11.0 Å². The van der Waals surface area contributed by atoms with Crippen LogP contribution < -0.4 is 0 Å². The van der Waals surface area contributed by atoms with Gasteiger partial charge in [0.05, 0.1) is 10.5 Å². The van der Waals surface area contributed by atoms with Crippen LogP contribution >= 0.6 is 0 Å². The number of rotatable bonds is 1. The van der Waals surface area contributed by atoms with Gasteiger partial charge in [-0.25, -0.2) is 4.21 Å². The van der Waals surface area contributed by atoms with E-state index in [2.05, 4.69) is 4.40 Å². The molecule has 1 aliphatic carbocycles. The predicted molar refractivity (Wildman–Crippen MR) is 62.5 cm³/mol. The highest BCUT2D eigenvalue weighted by molar-refractivity contribution is 7.85. The second-order valence-electron chi connectivity index (χ2n) is 5.35. The van der Waals surface area contributed by atoms with Crippen molar-refractivity contribution in [3.8, 4) is 0 Å². The Morgan fingerprint density at radius 2 is 2.07 bits per heavy atom. The lowest BCUT2D eigenvalue weighted by Crippen LogP contribution is -2.33. The van der Waals surface area contributed by atoms with Gasteiger partial charge < -0.3 is 4.74 Å². The summed E-state index contributed by atoms with van der Waals surface area (Å²) in [7, 11) is -1.13. The van der Waals surface area contributed by atoms with Crippen LogP contribution in [0.1, 0.15) is 46.5 Å². The number of hydrogen-bond donors (Lipinski definition) is 0. The summed E-state index contributed by atoms with van der Waals surface area (Å²) in [5, 5.41) is 0. The van der Waals surface area contributed by atoms with E-state index in [1.54, 1.807) is 0 Å². The van der Waals surface area contributed by atoms with Crippen LogP contribution in [0.4, 0.5) is 0 Å². The van der Waals surface area contributed by atoms with E-state index in [-0.39, 0.29) is 10.3 Å². The molecule has 2 aliphatic rings. The van der Waals surface area contributed by atoms with Crippen molar-refractivity contribution >= 4 is 16.7 Å². The standard InChI is InChI=1S/C11H19NO2S/c1-10(2,3)15(13)12-9-5-4-8-14-11(9)6-7-11/h4-8H2,1-3H3/b12-9-/t15-/m0/s1. The normalized spacial score (nSPS) is 29.4. The maximum Gasteiger partial charge on any atom is 0.144 e. The van der Waals surface area contributed by atoms with Crippen LogP contribution in [-0.2, 0) is 15.7 Å². The van der Waals surface area contributed by atoms with Crippen LogP contribution in [0.25, 0.3) is 0 Å². The fraction of sp³-hybridized carbons (Fsp3) is 0.909. The van der Waals surface area contributed by atoms with Gasteiger partial charge in [0.25, 0.3) is 0 Å². The summed E-state index contributed by atoms with van der Waals surface area (Å²) >= 11 is 0. The quantitative estimate of drug-likeness (QED) is 0.691. The van der Waals surface area contributed by atoms with Crippen molar-refractivity contribution in [3.63, 3.8) is 0 Å². The third kappa shape index (κ3) is 2.31. The molecule has 1 aliphatic heterocycles. The first kappa shape index (κ1) is 11.3. The zero-order valence-electron chi connectivity index (χ0n) is 9.71. The highest BCUT2D eigenvalue weighted by Gasteiger charge is 2.50. The molecule has 15 heavy (non-hydrogen) atoms. The Bertz CT molecular complexity index is 313. The zero-order valence-corrected chi connectivity index (χ0v) is 10.5. The molecular formula is C11H19NO2S. The first-order valence-corrected chi connectivity index (χ1v) is 6.69. The average molecular weight is 229 g/mol. The molecule has 0 aromatic heterocycles. The molecule has 1 spiro atoms. The Balaban J connectivity index is 2.15. The second-order valence-corrected chi connectivity index (χ2v) is 7.25. The van der Waals surface area contributed by atoms with Gasteiger partial charge in [0, 0.05) is 6.61 Å². The van der Waals surface area contributed by atoms with Crippen molar-refractivity contribution in [1.82, 2.24) is 0 Å². The Morgan fingerprint density at radius 3 is 2.60 bits per heavy atom. The van der Waals surface area contributed by atoms with Crippen molar-refractivity contribution in [2.75, 3.05) is 6.61 Å². The van der Waals surface area contributed by atoms with Crippen molar-refractivity contribution in [1.29, 1.82) is 0 Å². The fourth-order valence-corrected chi connectivity index (χ4v) is 2.46. The SMILES string of the molecule is CC(C)(C)[S@](=O)/N=C1/CCCOC12CC2. The maximum atomic E-state index is 11.9. The molecule has 0 aromatic carbocycles. The van der Waals surface area contributed by atoms with Crippen molar-refractivity contribution in [3.05, 3.63) is 0 Å². The Labute approximate surface area is 93.9 Å². The third-order valence-corrected chi connectivity index (χ3v) is 4.32. The van der Waals surface area contributed by atoms with E-state index in [9.17, 15) is 4.21 Å². The third-order valence-electron chi connectivity index (χ3n) is 2.88. The zero-order chi connectivity index (χ0) is 11.1. The minimum atomic E-state index is -1.13. The largest absolute Gasteiger partial charge is 0.369 e. The summed E-state index contributed by atoms with van der Waals surface area (Å²) in [5.41, 5.74) is 0.945. The molecule has 4 heteroatoms. The molecule has 1 atom stereocenters. The summed E-state index contributed by atoms with van der Waals surface area (Å²) in [6, 6.07) is 0. The van der Waals surface area contributed by atoms with Crippen LogP contribution in [-0.4, -0.2) is 26.9 Å². The van der Waals surface area contributed by atoms with Gasteiger partial charge in [0.15, 0.2) is 0 Å². The molecule has 2 fully saturated rings. The first-order chi connectivity index (χ1) is 6.94. The molecular weight excluding hydrogens is 210 g/mol. The van der Waals surface area contributed by atoms with Gasteiger partial charge in [-0.15, -0.1) is 0 Å². The molecule has 0 aromatic rings. The minimum Gasteiger partial charge on any atom is -0.369 e. The van der Waals surface area contributed by atoms with E-state index in [0.29, 0.717) is 0 Å². The molecule has 0 N–H and O–H groups in total. The predicted octanol–water partition coefficient (Wildman–Crippen LogP) is 2.23. The molecule has 1 heterocycles. The van der Waals surface area contributed by atoms with Gasteiger partial charge >= 0.3 is 0 Å². The summed E-state index contributed by atoms with van der Waals surface area (Å²) in [5.74, 6) is 0. The van der Waals surface area contributed by atoms with Crippen LogP contribution in [0, 0.1) is 0 Å². The molecule has 0 radical (unpaired) electrons. The van der Waals surface area contributed by atoms with Gasteiger partial charge in [-0.2, -0.15) is 4.40 Å². The maximum absolute atomic E-state index is 11.9. The highest BCUT2D eigenvalue weighted by atomic mass is 32.2. The van der Waals surface area contributed by atoms with Crippen LogP contribution in [0.3, 0.4) is 0 Å². The van der Waals surface area contributed by atoms with E-state index in [4.69, 9.17) is 4.74 Å². The lowest BCUT2D eigenvalue weighted by Gasteiger charge is -2.25. The van der Waals surface area contributed by atoms with Crippen LogP contribution in [0.2, 0.25) is 0 Å². The van der Waals surface area contributed by atoms with Crippen LogP contribution in [0.5, 0.6) is 0 Å². The van der Waals surface area contributed by atoms with E-state index in [0.717, 1.165) is 38.0 Å². The van der Waals surface area contributed by atoms with E-state index in [1.807, 2.05) is 20.8 Å². The first-order valence-electron chi connectivity index (χ1n) is 5.58. The minimum absolute atomic E-state index is 0.0981. The lowest BCUT2D eigenvalue weighted by atomic mass is 10.1. The van der Waals surface area contributed by atoms with Crippen molar-refractivity contribution < 1.29 is 8.95 Å². The molecule has 3 nitrogen and oxygen atoms in total. The summed E-state index contributed by atoms with van der Waals surface area (Å²) in [6.45, 7) is 6.70. The molecule has 0 unspecified atom stereocenters. The monoisotopic (exact) mass is 229 g/mol. The lowest BCUT2D eigenvalue weighted by molar-refractivity contribution is 0.0639. The molecule has 0 amide bonds. The molecule has 1 saturated carbocycles. The smallest absolute Gasteiger partial charge is 0.144 e. The van der Waals surface area contributed by atoms with Gasteiger partial charge in [-0.05, 0) is 46.5 Å². The topological polar surface area (TPSA) is 38.7 Å². The Hall–Kier alpha value is -0.220. The van der Waals surface area contributed by atoms with E-state index in [1.165, 1.54) is 0 Å². The number of nitrogens with zero attached hydrogens (tertiary/aromatic N) is 1.